The van der Waals surface area contributed by atoms with Crippen LogP contribution in [0.4, 0.5) is 0 Å². The zero-order valence-electron chi connectivity index (χ0n) is 15.2. The van der Waals surface area contributed by atoms with Gasteiger partial charge in [0.15, 0.2) is 11.5 Å². The number of ether oxygens (including phenoxy) is 3. The Morgan fingerprint density at radius 1 is 0.808 bits per heavy atom. The molecule has 0 aliphatic carbocycles. The highest BCUT2D eigenvalue weighted by molar-refractivity contribution is 5.99. The number of carbonyl (C=O) groups is 2. The average molecular weight is 358 g/mol. The number of benzene rings is 2. The molecule has 2 N–H and O–H groups in total. The van der Waals surface area contributed by atoms with E-state index < -0.39 is 11.8 Å². The quantitative estimate of drug-likeness (QED) is 0.774. The normalized spacial score (nSPS) is 10.0. The third-order valence-corrected chi connectivity index (χ3v) is 3.84. The van der Waals surface area contributed by atoms with Crippen molar-refractivity contribution in [2.45, 2.75) is 13.3 Å². The average Bonchev–Trinajstić information content (AvgIpc) is 2.70. The van der Waals surface area contributed by atoms with Gasteiger partial charge in [-0.1, -0.05) is 19.1 Å². The highest BCUT2D eigenvalue weighted by Gasteiger charge is 2.17. The van der Waals surface area contributed by atoms with E-state index in [2.05, 4.69) is 10.9 Å². The van der Waals surface area contributed by atoms with Gasteiger partial charge in [-0.15, -0.1) is 0 Å². The van der Waals surface area contributed by atoms with Gasteiger partial charge in [0.25, 0.3) is 11.8 Å². The predicted molar refractivity (Wildman–Crippen MR) is 96.9 cm³/mol. The first-order valence-electron chi connectivity index (χ1n) is 8.03. The van der Waals surface area contributed by atoms with E-state index in [1.54, 1.807) is 12.1 Å². The summed E-state index contributed by atoms with van der Waals surface area (Å²) in [6, 6.07) is 10.2. The van der Waals surface area contributed by atoms with Crippen LogP contribution >= 0.6 is 0 Å². The Hall–Kier alpha value is -3.22. The molecule has 0 radical (unpaired) electrons. The van der Waals surface area contributed by atoms with E-state index in [4.69, 9.17) is 14.2 Å². The summed E-state index contributed by atoms with van der Waals surface area (Å²) >= 11 is 0. The maximum absolute atomic E-state index is 12.3. The molecule has 2 aromatic rings. The number of hydrogen-bond donors (Lipinski definition) is 2. The SMILES string of the molecule is CCc1ccc(C(=O)NNC(=O)c2cc(OC)c(OC)c(OC)c2)cc1. The number of nitrogens with one attached hydrogen (secondary N) is 2. The molecule has 2 aromatic carbocycles. The number of amides is 2. The summed E-state index contributed by atoms with van der Waals surface area (Å²) in [6.07, 6.45) is 0.889. The van der Waals surface area contributed by atoms with Crippen molar-refractivity contribution in [2.24, 2.45) is 0 Å². The van der Waals surface area contributed by atoms with Gasteiger partial charge in [0.05, 0.1) is 21.3 Å². The van der Waals surface area contributed by atoms with Crippen molar-refractivity contribution < 1.29 is 23.8 Å². The molecule has 0 saturated carbocycles. The van der Waals surface area contributed by atoms with Crippen LogP contribution in [0.2, 0.25) is 0 Å². The molecule has 0 aromatic heterocycles. The summed E-state index contributed by atoms with van der Waals surface area (Å²) in [5, 5.41) is 0. The summed E-state index contributed by atoms with van der Waals surface area (Å²) in [7, 11) is 4.39. The molecule has 0 atom stereocenters. The molecule has 0 aliphatic heterocycles. The van der Waals surface area contributed by atoms with Crippen LogP contribution in [-0.2, 0) is 6.42 Å². The Bertz CT molecular complexity index is 762. The maximum atomic E-state index is 12.3. The number of carbonyl (C=O) groups excluding carboxylic acids is 2. The topological polar surface area (TPSA) is 85.9 Å². The second kappa shape index (κ2) is 8.75. The minimum atomic E-state index is -0.511. The van der Waals surface area contributed by atoms with E-state index in [1.165, 1.54) is 33.5 Å². The van der Waals surface area contributed by atoms with Gasteiger partial charge in [-0.25, -0.2) is 0 Å². The summed E-state index contributed by atoms with van der Waals surface area (Å²) in [5.74, 6) is 0.153. The van der Waals surface area contributed by atoms with E-state index >= 15 is 0 Å². The van der Waals surface area contributed by atoms with E-state index in [9.17, 15) is 9.59 Å². The van der Waals surface area contributed by atoms with Crippen LogP contribution in [0.1, 0.15) is 33.2 Å². The van der Waals surface area contributed by atoms with Crippen molar-refractivity contribution in [3.63, 3.8) is 0 Å². The van der Waals surface area contributed by atoms with Crippen LogP contribution in [0.15, 0.2) is 36.4 Å². The summed E-state index contributed by atoms with van der Waals surface area (Å²) in [5.41, 5.74) is 6.59. The molecule has 0 saturated heterocycles. The fourth-order valence-corrected chi connectivity index (χ4v) is 2.36. The van der Waals surface area contributed by atoms with Crippen molar-refractivity contribution in [1.29, 1.82) is 0 Å². The van der Waals surface area contributed by atoms with Gasteiger partial charge in [0.1, 0.15) is 0 Å². The van der Waals surface area contributed by atoms with Crippen LogP contribution < -0.4 is 25.1 Å². The van der Waals surface area contributed by atoms with Crippen molar-refractivity contribution in [3.8, 4) is 17.2 Å². The number of rotatable bonds is 6. The van der Waals surface area contributed by atoms with Crippen molar-refractivity contribution in [3.05, 3.63) is 53.1 Å². The van der Waals surface area contributed by atoms with Crippen LogP contribution in [0.25, 0.3) is 0 Å². The first-order chi connectivity index (χ1) is 12.5. The van der Waals surface area contributed by atoms with Gasteiger partial charge in [-0.3, -0.25) is 20.4 Å². The fraction of sp³-hybridized carbons (Fsp3) is 0.263. The number of hydrogen-bond acceptors (Lipinski definition) is 5. The molecular weight excluding hydrogens is 336 g/mol. The van der Waals surface area contributed by atoms with Crippen molar-refractivity contribution >= 4 is 11.8 Å². The predicted octanol–water partition coefficient (Wildman–Crippen LogP) is 2.35. The second-order valence-electron chi connectivity index (χ2n) is 5.37. The lowest BCUT2D eigenvalue weighted by atomic mass is 10.1. The number of aryl methyl sites for hydroxylation is 1. The minimum absolute atomic E-state index is 0.251. The van der Waals surface area contributed by atoms with Crippen molar-refractivity contribution in [1.82, 2.24) is 10.9 Å². The third kappa shape index (κ3) is 4.24. The molecule has 2 amide bonds. The summed E-state index contributed by atoms with van der Waals surface area (Å²) in [4.78, 5) is 24.5. The minimum Gasteiger partial charge on any atom is -0.493 e. The second-order valence-corrected chi connectivity index (χ2v) is 5.37. The summed E-state index contributed by atoms with van der Waals surface area (Å²) in [6.45, 7) is 2.03. The van der Waals surface area contributed by atoms with Crippen molar-refractivity contribution in [2.75, 3.05) is 21.3 Å². The molecule has 0 heterocycles. The zero-order chi connectivity index (χ0) is 19.1. The van der Waals surface area contributed by atoms with Gasteiger partial charge >= 0.3 is 0 Å². The molecular formula is C19H22N2O5. The Labute approximate surface area is 152 Å². The molecule has 7 nitrogen and oxygen atoms in total. The zero-order valence-corrected chi connectivity index (χ0v) is 15.2. The number of methoxy groups -OCH3 is 3. The van der Waals surface area contributed by atoms with E-state index in [0.717, 1.165) is 12.0 Å². The highest BCUT2D eigenvalue weighted by Crippen LogP contribution is 2.38. The Balaban J connectivity index is 2.10. The van der Waals surface area contributed by atoms with Gasteiger partial charge < -0.3 is 14.2 Å². The van der Waals surface area contributed by atoms with Gasteiger partial charge in [-0.05, 0) is 36.2 Å². The first kappa shape index (κ1) is 19.1. The molecule has 0 spiro atoms. The lowest BCUT2D eigenvalue weighted by Crippen LogP contribution is -2.41. The van der Waals surface area contributed by atoms with E-state index in [-0.39, 0.29) is 5.56 Å². The molecule has 0 unspecified atom stereocenters. The third-order valence-electron chi connectivity index (χ3n) is 3.84. The van der Waals surface area contributed by atoms with Gasteiger partial charge in [0, 0.05) is 11.1 Å². The largest absolute Gasteiger partial charge is 0.493 e. The van der Waals surface area contributed by atoms with Crippen LogP contribution in [0.3, 0.4) is 0 Å². The molecule has 2 rings (SSSR count). The lowest BCUT2D eigenvalue weighted by Gasteiger charge is -2.14. The van der Waals surface area contributed by atoms with Crippen LogP contribution in [0.5, 0.6) is 17.2 Å². The smallest absolute Gasteiger partial charge is 0.269 e. The highest BCUT2D eigenvalue weighted by atomic mass is 16.5. The number of hydrazine groups is 1. The molecule has 26 heavy (non-hydrogen) atoms. The molecule has 0 fully saturated rings. The standard InChI is InChI=1S/C19H22N2O5/c1-5-12-6-8-13(9-7-12)18(22)20-21-19(23)14-10-15(24-2)17(26-4)16(11-14)25-3/h6-11H,5H2,1-4H3,(H,20,22)(H,21,23). The van der Waals surface area contributed by atoms with Crippen LogP contribution in [0, 0.1) is 0 Å². The van der Waals surface area contributed by atoms with Gasteiger partial charge in [0.2, 0.25) is 5.75 Å². The Morgan fingerprint density at radius 2 is 1.31 bits per heavy atom. The molecule has 0 aliphatic rings. The monoisotopic (exact) mass is 358 g/mol. The molecule has 138 valence electrons. The van der Waals surface area contributed by atoms with E-state index in [0.29, 0.717) is 22.8 Å². The first-order valence-corrected chi connectivity index (χ1v) is 8.03. The van der Waals surface area contributed by atoms with Crippen LogP contribution in [-0.4, -0.2) is 33.1 Å². The Morgan fingerprint density at radius 3 is 1.73 bits per heavy atom. The van der Waals surface area contributed by atoms with E-state index in [1.807, 2.05) is 19.1 Å². The molecule has 7 heteroatoms. The maximum Gasteiger partial charge on any atom is 0.269 e. The Kier molecular flexibility index (Phi) is 6.43. The summed E-state index contributed by atoms with van der Waals surface area (Å²) < 4.78 is 15.6. The molecule has 0 bridgehead atoms. The lowest BCUT2D eigenvalue weighted by molar-refractivity contribution is 0.0846. The fourth-order valence-electron chi connectivity index (χ4n) is 2.36. The van der Waals surface area contributed by atoms with Gasteiger partial charge in [-0.2, -0.15) is 0 Å².